The van der Waals surface area contributed by atoms with Gasteiger partial charge in [-0.3, -0.25) is 0 Å². The lowest BCUT2D eigenvalue weighted by atomic mass is 9.95. The van der Waals surface area contributed by atoms with Crippen molar-refractivity contribution in [3.8, 4) is 0 Å². The van der Waals surface area contributed by atoms with Gasteiger partial charge in [0.15, 0.2) is 0 Å². The average molecular weight is 255 g/mol. The summed E-state index contributed by atoms with van der Waals surface area (Å²) in [6.07, 6.45) is 6.35. The van der Waals surface area contributed by atoms with Gasteiger partial charge in [-0.05, 0) is 53.8 Å². The standard InChI is InChI=1S/C18H25N/c1-6-16(17(7-2)13-19-5)12-15(4)18-11-9-8-10-14(18)3/h8-13,19H,4,6-7H2,1-3,5H3/b16-12-,17-13-. The Balaban J connectivity index is 3.08. The van der Waals surface area contributed by atoms with Gasteiger partial charge in [0.2, 0.25) is 0 Å². The molecule has 102 valence electrons. The maximum Gasteiger partial charge on any atom is 0.00278 e. The van der Waals surface area contributed by atoms with Gasteiger partial charge in [-0.25, -0.2) is 0 Å². The zero-order valence-corrected chi connectivity index (χ0v) is 12.6. The maximum absolute atomic E-state index is 4.23. The van der Waals surface area contributed by atoms with Crippen LogP contribution in [0.4, 0.5) is 0 Å². The summed E-state index contributed by atoms with van der Waals surface area (Å²) in [5, 5.41) is 3.13. The molecular formula is C18H25N. The van der Waals surface area contributed by atoms with E-state index in [1.807, 2.05) is 7.05 Å². The summed E-state index contributed by atoms with van der Waals surface area (Å²) in [7, 11) is 1.94. The second-order valence-corrected chi connectivity index (χ2v) is 4.68. The van der Waals surface area contributed by atoms with Crippen molar-refractivity contribution < 1.29 is 0 Å². The molecule has 1 aromatic carbocycles. The van der Waals surface area contributed by atoms with Gasteiger partial charge in [-0.2, -0.15) is 0 Å². The van der Waals surface area contributed by atoms with Crippen molar-refractivity contribution in [3.63, 3.8) is 0 Å². The monoisotopic (exact) mass is 255 g/mol. The van der Waals surface area contributed by atoms with E-state index in [9.17, 15) is 0 Å². The van der Waals surface area contributed by atoms with Gasteiger partial charge >= 0.3 is 0 Å². The number of rotatable bonds is 6. The quantitative estimate of drug-likeness (QED) is 0.716. The van der Waals surface area contributed by atoms with Crippen molar-refractivity contribution >= 4 is 5.57 Å². The summed E-state index contributed by atoms with van der Waals surface area (Å²) in [5.74, 6) is 0. The fraction of sp³-hybridized carbons (Fsp3) is 0.333. The van der Waals surface area contributed by atoms with Crippen molar-refractivity contribution in [1.29, 1.82) is 0 Å². The van der Waals surface area contributed by atoms with Crippen molar-refractivity contribution in [1.82, 2.24) is 5.32 Å². The van der Waals surface area contributed by atoms with Crippen LogP contribution in [0.15, 0.2) is 54.3 Å². The first-order chi connectivity index (χ1) is 9.13. The molecule has 0 fully saturated rings. The second-order valence-electron chi connectivity index (χ2n) is 4.68. The van der Waals surface area contributed by atoms with Crippen LogP contribution in [0, 0.1) is 6.92 Å². The highest BCUT2D eigenvalue weighted by Crippen LogP contribution is 2.24. The van der Waals surface area contributed by atoms with Gasteiger partial charge in [-0.15, -0.1) is 0 Å². The molecule has 0 saturated carbocycles. The van der Waals surface area contributed by atoms with Crippen LogP contribution in [0.25, 0.3) is 5.57 Å². The zero-order chi connectivity index (χ0) is 14.3. The molecule has 0 amide bonds. The molecule has 1 N–H and O–H groups in total. The minimum atomic E-state index is 1.02. The molecule has 0 spiro atoms. The topological polar surface area (TPSA) is 12.0 Å². The van der Waals surface area contributed by atoms with Crippen molar-refractivity contribution in [2.24, 2.45) is 0 Å². The smallest absolute Gasteiger partial charge is 0.00278 e. The molecule has 0 unspecified atom stereocenters. The van der Waals surface area contributed by atoms with Crippen LogP contribution in [-0.4, -0.2) is 7.05 Å². The van der Waals surface area contributed by atoms with Crippen molar-refractivity contribution in [3.05, 3.63) is 65.4 Å². The Morgan fingerprint density at radius 1 is 1.16 bits per heavy atom. The molecule has 0 aliphatic rings. The van der Waals surface area contributed by atoms with Crippen LogP contribution >= 0.6 is 0 Å². The first-order valence-corrected chi connectivity index (χ1v) is 6.96. The number of nitrogens with one attached hydrogen (secondary N) is 1. The minimum Gasteiger partial charge on any atom is -0.394 e. The van der Waals surface area contributed by atoms with E-state index in [0.717, 1.165) is 18.4 Å². The molecule has 0 atom stereocenters. The largest absolute Gasteiger partial charge is 0.394 e. The summed E-state index contributed by atoms with van der Waals surface area (Å²) in [5.41, 5.74) is 6.29. The number of aryl methyl sites for hydroxylation is 1. The molecule has 0 radical (unpaired) electrons. The normalized spacial score (nSPS) is 12.4. The molecule has 0 heterocycles. The van der Waals surface area contributed by atoms with Gasteiger partial charge in [0.05, 0.1) is 0 Å². The maximum atomic E-state index is 4.23. The van der Waals surface area contributed by atoms with Crippen LogP contribution in [0.2, 0.25) is 0 Å². The minimum absolute atomic E-state index is 1.02. The van der Waals surface area contributed by atoms with Gasteiger partial charge < -0.3 is 5.32 Å². The molecule has 0 aliphatic carbocycles. The fourth-order valence-corrected chi connectivity index (χ4v) is 2.24. The van der Waals surface area contributed by atoms with Crippen molar-refractivity contribution in [2.45, 2.75) is 33.6 Å². The van der Waals surface area contributed by atoms with Crippen LogP contribution in [0.1, 0.15) is 37.8 Å². The molecule has 19 heavy (non-hydrogen) atoms. The Bertz CT molecular complexity index is 492. The van der Waals surface area contributed by atoms with E-state index >= 15 is 0 Å². The average Bonchev–Trinajstić information content (AvgIpc) is 2.42. The molecule has 0 saturated heterocycles. The van der Waals surface area contributed by atoms with E-state index < -0.39 is 0 Å². The van der Waals surface area contributed by atoms with E-state index in [4.69, 9.17) is 0 Å². The van der Waals surface area contributed by atoms with Crippen LogP contribution in [0.5, 0.6) is 0 Å². The number of hydrogen-bond acceptors (Lipinski definition) is 1. The molecule has 0 aromatic heterocycles. The van der Waals surface area contributed by atoms with E-state index in [2.05, 4.69) is 69.2 Å². The van der Waals surface area contributed by atoms with Crippen LogP contribution in [0.3, 0.4) is 0 Å². The Kier molecular flexibility index (Phi) is 6.14. The first-order valence-electron chi connectivity index (χ1n) is 6.96. The Labute approximate surface area is 117 Å². The molecule has 1 heteroatoms. The highest BCUT2D eigenvalue weighted by Gasteiger charge is 2.04. The second kappa shape index (κ2) is 7.63. The fourth-order valence-electron chi connectivity index (χ4n) is 2.24. The SMILES string of the molecule is C=C(/C=C(CC)\C(=C/NC)CC)c1ccccc1C. The Hall–Kier alpha value is -1.76. The number of allylic oxidation sites excluding steroid dienone is 4. The molecule has 1 rings (SSSR count). The third kappa shape index (κ3) is 4.13. The van der Waals surface area contributed by atoms with Crippen LogP contribution in [-0.2, 0) is 0 Å². The lowest BCUT2D eigenvalue weighted by Gasteiger charge is -2.11. The number of benzene rings is 1. The predicted molar refractivity (Wildman–Crippen MR) is 86.0 cm³/mol. The molecule has 1 aromatic rings. The Morgan fingerprint density at radius 3 is 2.32 bits per heavy atom. The van der Waals surface area contributed by atoms with Gasteiger partial charge in [0.1, 0.15) is 0 Å². The third-order valence-corrected chi connectivity index (χ3v) is 3.33. The van der Waals surface area contributed by atoms with E-state index in [0.29, 0.717) is 0 Å². The van der Waals surface area contributed by atoms with Gasteiger partial charge in [0.25, 0.3) is 0 Å². The van der Waals surface area contributed by atoms with E-state index in [1.54, 1.807) is 0 Å². The lowest BCUT2D eigenvalue weighted by Crippen LogP contribution is -1.99. The van der Waals surface area contributed by atoms with Gasteiger partial charge in [-0.1, -0.05) is 50.8 Å². The summed E-state index contributed by atoms with van der Waals surface area (Å²) >= 11 is 0. The predicted octanol–water partition coefficient (Wildman–Crippen LogP) is 4.86. The summed E-state index contributed by atoms with van der Waals surface area (Å²) in [6, 6.07) is 8.39. The van der Waals surface area contributed by atoms with E-state index in [-0.39, 0.29) is 0 Å². The number of hydrogen-bond donors (Lipinski definition) is 1. The highest BCUT2D eigenvalue weighted by atomic mass is 14.8. The van der Waals surface area contributed by atoms with Crippen LogP contribution < -0.4 is 5.32 Å². The molecule has 0 bridgehead atoms. The highest BCUT2D eigenvalue weighted by molar-refractivity contribution is 5.75. The third-order valence-electron chi connectivity index (χ3n) is 3.33. The molecular weight excluding hydrogens is 230 g/mol. The lowest BCUT2D eigenvalue weighted by molar-refractivity contribution is 0.978. The molecule has 0 aliphatic heterocycles. The summed E-state index contributed by atoms with van der Waals surface area (Å²) in [6.45, 7) is 10.7. The Morgan fingerprint density at radius 2 is 1.79 bits per heavy atom. The summed E-state index contributed by atoms with van der Waals surface area (Å²) in [4.78, 5) is 0. The summed E-state index contributed by atoms with van der Waals surface area (Å²) < 4.78 is 0. The molecule has 1 nitrogen and oxygen atoms in total. The first kappa shape index (κ1) is 15.3. The van der Waals surface area contributed by atoms with Crippen molar-refractivity contribution in [2.75, 3.05) is 7.05 Å². The van der Waals surface area contributed by atoms with E-state index in [1.165, 1.54) is 22.3 Å². The zero-order valence-electron chi connectivity index (χ0n) is 12.6. The van der Waals surface area contributed by atoms with Gasteiger partial charge in [0, 0.05) is 7.05 Å².